The van der Waals surface area contributed by atoms with Crippen molar-refractivity contribution < 1.29 is 4.74 Å². The van der Waals surface area contributed by atoms with Crippen LogP contribution in [0, 0.1) is 23.7 Å². The molecular formula is C25H38N6O. The molecule has 0 bridgehead atoms. The lowest BCUT2D eigenvalue weighted by molar-refractivity contribution is -0.0375. The lowest BCUT2D eigenvalue weighted by Gasteiger charge is -2.37. The fraction of sp³-hybridized carbons (Fsp3) is 0.800. The van der Waals surface area contributed by atoms with E-state index in [-0.39, 0.29) is 6.10 Å². The van der Waals surface area contributed by atoms with Gasteiger partial charge in [0.15, 0.2) is 0 Å². The van der Waals surface area contributed by atoms with Gasteiger partial charge < -0.3 is 4.74 Å². The number of ether oxygens (including phenoxy) is 1. The summed E-state index contributed by atoms with van der Waals surface area (Å²) in [7, 11) is 2.05. The smallest absolute Gasteiger partial charge is 0.0830 e. The first-order valence-electron chi connectivity index (χ1n) is 12.9. The van der Waals surface area contributed by atoms with E-state index in [2.05, 4.69) is 37.3 Å². The molecule has 6 rings (SSSR count). The predicted octanol–water partition coefficient (Wildman–Crippen LogP) is 3.62. The van der Waals surface area contributed by atoms with Gasteiger partial charge in [-0.3, -0.25) is 9.58 Å². The van der Waals surface area contributed by atoms with E-state index in [1.165, 1.54) is 63.0 Å². The van der Waals surface area contributed by atoms with Crippen molar-refractivity contribution >= 4 is 0 Å². The van der Waals surface area contributed by atoms with Gasteiger partial charge in [0.25, 0.3) is 0 Å². The number of aryl methyl sites for hydroxylation is 1. The van der Waals surface area contributed by atoms with Crippen LogP contribution in [0.4, 0.5) is 0 Å². The zero-order chi connectivity index (χ0) is 21.5. The first kappa shape index (κ1) is 20.8. The Morgan fingerprint density at radius 1 is 1.03 bits per heavy atom. The van der Waals surface area contributed by atoms with Crippen LogP contribution in [0.25, 0.3) is 0 Å². The Kier molecular flexibility index (Phi) is 5.80. The zero-order valence-corrected chi connectivity index (χ0v) is 19.5. The largest absolute Gasteiger partial charge is 0.376 e. The molecule has 7 heteroatoms. The SMILES string of the molecule is Cn1nccc1CN1C[C@H]2C[C@@H](n3cc(CC4CCCC4)nn3)[C@H](OCC3CC3)C[C@H]2C1. The molecule has 0 amide bonds. The highest BCUT2D eigenvalue weighted by molar-refractivity contribution is 5.04. The van der Waals surface area contributed by atoms with Crippen LogP contribution in [0.5, 0.6) is 0 Å². The van der Waals surface area contributed by atoms with Crippen LogP contribution in [-0.4, -0.2) is 55.5 Å². The molecule has 0 spiro atoms. The third kappa shape index (κ3) is 4.51. The lowest BCUT2D eigenvalue weighted by Crippen LogP contribution is -2.38. The molecule has 3 heterocycles. The Labute approximate surface area is 191 Å². The van der Waals surface area contributed by atoms with E-state index in [0.29, 0.717) is 6.04 Å². The number of nitrogens with zero attached hydrogens (tertiary/aromatic N) is 6. The molecule has 7 nitrogen and oxygen atoms in total. The normalized spacial score (nSPS) is 31.4. The molecule has 2 aromatic heterocycles. The van der Waals surface area contributed by atoms with E-state index >= 15 is 0 Å². The summed E-state index contributed by atoms with van der Waals surface area (Å²) in [6.45, 7) is 4.28. The van der Waals surface area contributed by atoms with E-state index in [4.69, 9.17) is 4.74 Å². The summed E-state index contributed by atoms with van der Waals surface area (Å²) in [6, 6.07) is 2.48. The summed E-state index contributed by atoms with van der Waals surface area (Å²) in [4.78, 5) is 2.62. The van der Waals surface area contributed by atoms with Gasteiger partial charge in [0.05, 0.1) is 23.5 Å². The van der Waals surface area contributed by atoms with Crippen LogP contribution >= 0.6 is 0 Å². The molecule has 3 aliphatic carbocycles. The number of likely N-dealkylation sites (tertiary alicyclic amines) is 1. The van der Waals surface area contributed by atoms with Gasteiger partial charge in [0, 0.05) is 45.7 Å². The van der Waals surface area contributed by atoms with Gasteiger partial charge in [-0.05, 0) is 61.8 Å². The van der Waals surface area contributed by atoms with Crippen LogP contribution in [0.3, 0.4) is 0 Å². The van der Waals surface area contributed by atoms with Gasteiger partial charge in [-0.15, -0.1) is 5.10 Å². The number of fused-ring (bicyclic) bond motifs is 1. The summed E-state index contributed by atoms with van der Waals surface area (Å²) in [5.74, 6) is 3.06. The van der Waals surface area contributed by atoms with Gasteiger partial charge in [-0.1, -0.05) is 30.9 Å². The molecule has 32 heavy (non-hydrogen) atoms. The van der Waals surface area contributed by atoms with Gasteiger partial charge in [0.2, 0.25) is 0 Å². The topological polar surface area (TPSA) is 61.0 Å². The van der Waals surface area contributed by atoms with Gasteiger partial charge in [-0.25, -0.2) is 4.68 Å². The minimum absolute atomic E-state index is 0.273. The Morgan fingerprint density at radius 2 is 1.84 bits per heavy atom. The van der Waals surface area contributed by atoms with Crippen molar-refractivity contribution in [1.82, 2.24) is 29.7 Å². The fourth-order valence-electron chi connectivity index (χ4n) is 6.48. The quantitative estimate of drug-likeness (QED) is 0.630. The molecule has 0 unspecified atom stereocenters. The standard InChI is InChI=1S/C25H38N6O/c1-29-23(8-9-26-29)16-30-13-20-11-24(25(12-21(20)14-30)32-17-19-6-7-19)31-15-22(27-28-31)10-18-4-2-3-5-18/h8-9,15,18-21,24-25H,2-7,10-14,16-17H2,1H3/t20-,21+,24-,25-/m1/s1. The maximum absolute atomic E-state index is 6.56. The maximum Gasteiger partial charge on any atom is 0.0830 e. The first-order valence-corrected chi connectivity index (χ1v) is 12.9. The highest BCUT2D eigenvalue weighted by Gasteiger charge is 2.44. The summed E-state index contributed by atoms with van der Waals surface area (Å²) in [5, 5.41) is 13.6. The van der Waals surface area contributed by atoms with E-state index < -0.39 is 0 Å². The van der Waals surface area contributed by atoms with Crippen molar-refractivity contribution in [2.24, 2.45) is 30.7 Å². The van der Waals surface area contributed by atoms with Gasteiger partial charge in [0.1, 0.15) is 0 Å². The van der Waals surface area contributed by atoms with Crippen molar-refractivity contribution in [3.05, 3.63) is 29.8 Å². The molecule has 4 fully saturated rings. The van der Waals surface area contributed by atoms with E-state index in [1.807, 2.05) is 17.9 Å². The molecule has 4 aliphatic rings. The number of rotatable bonds is 8. The van der Waals surface area contributed by atoms with Crippen molar-refractivity contribution in [3.63, 3.8) is 0 Å². The monoisotopic (exact) mass is 438 g/mol. The molecule has 3 saturated carbocycles. The summed E-state index contributed by atoms with van der Waals surface area (Å²) >= 11 is 0. The highest BCUT2D eigenvalue weighted by Crippen LogP contribution is 2.43. The van der Waals surface area contributed by atoms with Crippen LogP contribution in [0.1, 0.15) is 68.8 Å². The molecular weight excluding hydrogens is 400 g/mol. The van der Waals surface area contributed by atoms with Crippen molar-refractivity contribution in [2.45, 2.75) is 76.5 Å². The van der Waals surface area contributed by atoms with Gasteiger partial charge in [-0.2, -0.15) is 5.10 Å². The minimum atomic E-state index is 0.273. The number of hydrogen-bond donors (Lipinski definition) is 0. The highest BCUT2D eigenvalue weighted by atomic mass is 16.5. The third-order valence-corrected chi connectivity index (χ3v) is 8.58. The Hall–Kier alpha value is -1.73. The van der Waals surface area contributed by atoms with Crippen molar-refractivity contribution in [2.75, 3.05) is 19.7 Å². The molecule has 4 atom stereocenters. The minimum Gasteiger partial charge on any atom is -0.376 e. The Balaban J connectivity index is 1.15. The van der Waals surface area contributed by atoms with Crippen LogP contribution in [-0.2, 0) is 24.8 Å². The summed E-state index contributed by atoms with van der Waals surface area (Å²) in [6.07, 6.45) is 16.0. The molecule has 1 saturated heterocycles. The Morgan fingerprint density at radius 3 is 2.59 bits per heavy atom. The number of hydrogen-bond acceptors (Lipinski definition) is 5. The van der Waals surface area contributed by atoms with Crippen LogP contribution in [0.2, 0.25) is 0 Å². The summed E-state index contributed by atoms with van der Waals surface area (Å²) in [5.41, 5.74) is 2.48. The third-order valence-electron chi connectivity index (χ3n) is 8.58. The predicted molar refractivity (Wildman–Crippen MR) is 122 cm³/mol. The first-order chi connectivity index (χ1) is 15.7. The average Bonchev–Trinajstić information content (AvgIpc) is 3.18. The molecule has 0 radical (unpaired) electrons. The summed E-state index contributed by atoms with van der Waals surface area (Å²) < 4.78 is 10.8. The van der Waals surface area contributed by atoms with E-state index in [1.54, 1.807) is 0 Å². The lowest BCUT2D eigenvalue weighted by atomic mass is 9.77. The molecule has 0 aromatic carbocycles. The number of aromatic nitrogens is 5. The molecule has 1 aliphatic heterocycles. The molecule has 2 aromatic rings. The second-order valence-corrected chi connectivity index (χ2v) is 11.1. The molecule has 174 valence electrons. The second kappa shape index (κ2) is 8.90. The average molecular weight is 439 g/mol. The molecule has 0 N–H and O–H groups in total. The Bertz CT molecular complexity index is 898. The van der Waals surface area contributed by atoms with Crippen LogP contribution < -0.4 is 0 Å². The maximum atomic E-state index is 6.56. The fourth-order valence-corrected chi connectivity index (χ4v) is 6.48. The van der Waals surface area contributed by atoms with Crippen LogP contribution in [0.15, 0.2) is 18.5 Å². The van der Waals surface area contributed by atoms with E-state index in [9.17, 15) is 0 Å². The van der Waals surface area contributed by atoms with Gasteiger partial charge >= 0.3 is 0 Å². The van der Waals surface area contributed by atoms with E-state index in [0.717, 1.165) is 56.1 Å². The van der Waals surface area contributed by atoms with Crippen molar-refractivity contribution in [3.8, 4) is 0 Å². The second-order valence-electron chi connectivity index (χ2n) is 11.1. The zero-order valence-electron chi connectivity index (χ0n) is 19.5. The van der Waals surface area contributed by atoms with Crippen molar-refractivity contribution in [1.29, 1.82) is 0 Å².